The average Bonchev–Trinajstić information content (AvgIpc) is 1.88. The second kappa shape index (κ2) is 3.98. The maximum atomic E-state index is 10.2. The first-order valence-electron chi connectivity index (χ1n) is 2.72. The topological polar surface area (TPSA) is 57.5 Å². The Morgan fingerprint density at radius 1 is 1.36 bits per heavy atom. The van der Waals surface area contributed by atoms with Gasteiger partial charge in [0.2, 0.25) is 0 Å². The van der Waals surface area contributed by atoms with Crippen LogP contribution in [0.25, 0.3) is 0 Å². The van der Waals surface area contributed by atoms with E-state index < -0.39 is 5.97 Å². The van der Waals surface area contributed by atoms with Crippen molar-refractivity contribution in [3.8, 4) is 5.75 Å². The van der Waals surface area contributed by atoms with Crippen molar-refractivity contribution in [1.29, 1.82) is 0 Å². The number of hydrogen-bond donors (Lipinski definition) is 2. The summed E-state index contributed by atoms with van der Waals surface area (Å²) in [4.78, 5) is 10.2. The number of phenolic OH excluding ortho intramolecular Hbond substituents is 1. The SMILES string of the molecule is Br.O=C(O)c1cccc(O)c1. The van der Waals surface area contributed by atoms with E-state index in [1.54, 1.807) is 0 Å². The Bertz CT molecular complexity index is 260. The van der Waals surface area contributed by atoms with Gasteiger partial charge in [0.05, 0.1) is 5.56 Å². The average molecular weight is 219 g/mol. The zero-order valence-electron chi connectivity index (χ0n) is 5.52. The fourth-order valence-corrected chi connectivity index (χ4v) is 0.639. The Balaban J connectivity index is 0.000001000. The van der Waals surface area contributed by atoms with Crippen molar-refractivity contribution in [2.75, 3.05) is 0 Å². The lowest BCUT2D eigenvalue weighted by atomic mass is 10.2. The van der Waals surface area contributed by atoms with Crippen LogP contribution in [0.3, 0.4) is 0 Å². The fraction of sp³-hybridized carbons (Fsp3) is 0. The van der Waals surface area contributed by atoms with Crippen molar-refractivity contribution in [2.24, 2.45) is 0 Å². The summed E-state index contributed by atoms with van der Waals surface area (Å²) in [5, 5.41) is 17.2. The molecule has 3 nitrogen and oxygen atoms in total. The van der Waals surface area contributed by atoms with Gasteiger partial charge in [0.1, 0.15) is 5.75 Å². The number of carboxylic acids is 1. The minimum absolute atomic E-state index is 0. The third-order valence-corrected chi connectivity index (χ3v) is 1.09. The van der Waals surface area contributed by atoms with E-state index in [1.807, 2.05) is 0 Å². The van der Waals surface area contributed by atoms with E-state index in [0.29, 0.717) is 0 Å². The second-order valence-electron chi connectivity index (χ2n) is 1.86. The van der Waals surface area contributed by atoms with Crippen LogP contribution in [0.2, 0.25) is 0 Å². The summed E-state index contributed by atoms with van der Waals surface area (Å²) in [5.74, 6) is -1.06. The Morgan fingerprint density at radius 2 is 2.00 bits per heavy atom. The lowest BCUT2D eigenvalue weighted by Gasteiger charge is -1.92. The zero-order chi connectivity index (χ0) is 7.56. The van der Waals surface area contributed by atoms with Gasteiger partial charge in [-0.05, 0) is 18.2 Å². The summed E-state index contributed by atoms with van der Waals surface area (Å²) in [6.07, 6.45) is 0. The summed E-state index contributed by atoms with van der Waals surface area (Å²) < 4.78 is 0. The molecule has 0 amide bonds. The highest BCUT2D eigenvalue weighted by Gasteiger charge is 2.00. The molecule has 0 fully saturated rings. The highest BCUT2D eigenvalue weighted by Crippen LogP contribution is 2.09. The molecule has 0 unspecified atom stereocenters. The van der Waals surface area contributed by atoms with Gasteiger partial charge in [0, 0.05) is 0 Å². The molecule has 0 atom stereocenters. The van der Waals surface area contributed by atoms with Gasteiger partial charge < -0.3 is 10.2 Å². The molecule has 0 aliphatic rings. The number of carboxylic acid groups (broad SMARTS) is 1. The molecule has 1 aromatic carbocycles. The number of phenols is 1. The lowest BCUT2D eigenvalue weighted by molar-refractivity contribution is 0.0696. The van der Waals surface area contributed by atoms with Crippen LogP contribution in [0.5, 0.6) is 5.75 Å². The third-order valence-electron chi connectivity index (χ3n) is 1.09. The molecule has 0 radical (unpaired) electrons. The minimum Gasteiger partial charge on any atom is -0.508 e. The van der Waals surface area contributed by atoms with E-state index in [-0.39, 0.29) is 28.3 Å². The minimum atomic E-state index is -1.03. The van der Waals surface area contributed by atoms with Crippen LogP contribution in [-0.4, -0.2) is 16.2 Å². The quantitative estimate of drug-likeness (QED) is 0.755. The Kier molecular flexibility index (Phi) is 3.60. The molecule has 1 aromatic rings. The van der Waals surface area contributed by atoms with Crippen LogP contribution in [0.1, 0.15) is 10.4 Å². The number of halogens is 1. The van der Waals surface area contributed by atoms with E-state index in [1.165, 1.54) is 24.3 Å². The van der Waals surface area contributed by atoms with Crippen LogP contribution in [0.4, 0.5) is 0 Å². The molecule has 1 rings (SSSR count). The summed E-state index contributed by atoms with van der Waals surface area (Å²) in [6, 6.07) is 5.52. The monoisotopic (exact) mass is 218 g/mol. The van der Waals surface area contributed by atoms with Crippen molar-refractivity contribution in [1.82, 2.24) is 0 Å². The summed E-state index contributed by atoms with van der Waals surface area (Å²) in [5.41, 5.74) is 0.0972. The highest BCUT2D eigenvalue weighted by atomic mass is 79.9. The molecule has 0 bridgehead atoms. The fourth-order valence-electron chi connectivity index (χ4n) is 0.639. The number of aromatic hydroxyl groups is 1. The maximum absolute atomic E-state index is 10.2. The van der Waals surface area contributed by atoms with Crippen molar-refractivity contribution in [3.05, 3.63) is 29.8 Å². The molecule has 0 heterocycles. The standard InChI is InChI=1S/C7H6O3.BrH/c8-6-3-1-2-5(4-6)7(9)10;/h1-4,8H,(H,9,10);1H. The van der Waals surface area contributed by atoms with Gasteiger partial charge in [0.15, 0.2) is 0 Å². The van der Waals surface area contributed by atoms with Gasteiger partial charge in [-0.1, -0.05) is 6.07 Å². The second-order valence-corrected chi connectivity index (χ2v) is 1.86. The van der Waals surface area contributed by atoms with Crippen molar-refractivity contribution >= 4 is 23.0 Å². The Morgan fingerprint density at radius 3 is 2.36 bits per heavy atom. The van der Waals surface area contributed by atoms with Gasteiger partial charge in [-0.15, -0.1) is 17.0 Å². The molecule has 60 valence electrons. The number of aromatic carboxylic acids is 1. The van der Waals surface area contributed by atoms with E-state index in [0.717, 1.165) is 0 Å². The molecule has 2 N–H and O–H groups in total. The van der Waals surface area contributed by atoms with Gasteiger partial charge in [-0.2, -0.15) is 0 Å². The number of benzene rings is 1. The molecular formula is C7H7BrO3. The van der Waals surface area contributed by atoms with Crippen LogP contribution >= 0.6 is 17.0 Å². The summed E-state index contributed by atoms with van der Waals surface area (Å²) >= 11 is 0. The number of rotatable bonds is 1. The van der Waals surface area contributed by atoms with Gasteiger partial charge in [0.25, 0.3) is 0 Å². The van der Waals surface area contributed by atoms with E-state index in [2.05, 4.69) is 0 Å². The van der Waals surface area contributed by atoms with Crippen LogP contribution in [0, 0.1) is 0 Å². The normalized spacial score (nSPS) is 8.36. The van der Waals surface area contributed by atoms with Crippen molar-refractivity contribution in [2.45, 2.75) is 0 Å². The first-order valence-corrected chi connectivity index (χ1v) is 2.72. The first kappa shape index (κ1) is 9.97. The highest BCUT2D eigenvalue weighted by molar-refractivity contribution is 8.93. The predicted octanol–water partition coefficient (Wildman–Crippen LogP) is 1.67. The van der Waals surface area contributed by atoms with E-state index >= 15 is 0 Å². The molecule has 0 aliphatic heterocycles. The largest absolute Gasteiger partial charge is 0.508 e. The predicted molar refractivity (Wildman–Crippen MR) is 45.4 cm³/mol. The molecule has 0 aromatic heterocycles. The smallest absolute Gasteiger partial charge is 0.335 e. The van der Waals surface area contributed by atoms with E-state index in [4.69, 9.17) is 10.2 Å². The molecule has 4 heteroatoms. The molecule has 0 saturated heterocycles. The van der Waals surface area contributed by atoms with Crippen LogP contribution in [-0.2, 0) is 0 Å². The van der Waals surface area contributed by atoms with E-state index in [9.17, 15) is 4.79 Å². The number of carbonyl (C=O) groups is 1. The summed E-state index contributed by atoms with van der Waals surface area (Å²) in [6.45, 7) is 0. The van der Waals surface area contributed by atoms with Gasteiger partial charge in [-0.25, -0.2) is 4.79 Å². The Labute approximate surface area is 74.1 Å². The lowest BCUT2D eigenvalue weighted by Crippen LogP contribution is -1.94. The molecule has 0 spiro atoms. The Hall–Kier alpha value is -1.03. The molecule has 11 heavy (non-hydrogen) atoms. The summed E-state index contributed by atoms with van der Waals surface area (Å²) in [7, 11) is 0. The van der Waals surface area contributed by atoms with Crippen molar-refractivity contribution in [3.63, 3.8) is 0 Å². The van der Waals surface area contributed by atoms with Crippen molar-refractivity contribution < 1.29 is 15.0 Å². The third kappa shape index (κ3) is 2.59. The van der Waals surface area contributed by atoms with Crippen LogP contribution < -0.4 is 0 Å². The molecule has 0 aliphatic carbocycles. The zero-order valence-corrected chi connectivity index (χ0v) is 7.23. The number of hydrogen-bond acceptors (Lipinski definition) is 2. The van der Waals surface area contributed by atoms with Crippen LogP contribution in [0.15, 0.2) is 24.3 Å². The van der Waals surface area contributed by atoms with Gasteiger partial charge >= 0.3 is 5.97 Å². The van der Waals surface area contributed by atoms with Gasteiger partial charge in [-0.3, -0.25) is 0 Å². The molecular weight excluding hydrogens is 212 g/mol. The first-order chi connectivity index (χ1) is 4.70. The molecule has 0 saturated carbocycles. The maximum Gasteiger partial charge on any atom is 0.335 e.